The zero-order valence-corrected chi connectivity index (χ0v) is 26.1. The lowest BCUT2D eigenvalue weighted by Gasteiger charge is -2.60. The van der Waals surface area contributed by atoms with E-state index < -0.39 is 23.1 Å². The summed E-state index contributed by atoms with van der Waals surface area (Å²) < 4.78 is 8.30. The van der Waals surface area contributed by atoms with Gasteiger partial charge in [0.05, 0.1) is 27.6 Å². The Bertz CT molecular complexity index is 1600. The van der Waals surface area contributed by atoms with Crippen molar-refractivity contribution in [3.8, 4) is 0 Å². The average molecular weight is 617 g/mol. The molecule has 0 spiro atoms. The van der Waals surface area contributed by atoms with Gasteiger partial charge in [0.15, 0.2) is 21.5 Å². The van der Waals surface area contributed by atoms with Gasteiger partial charge in [-0.15, -0.1) is 11.3 Å². The highest BCUT2D eigenvalue weighted by Gasteiger charge is 2.70. The number of esters is 1. The third-order valence-electron chi connectivity index (χ3n) is 11.3. The summed E-state index contributed by atoms with van der Waals surface area (Å²) in [6.07, 6.45) is 8.75. The molecule has 2 heterocycles. The normalized spacial score (nSPS) is 35.0. The number of benzene rings is 1. The second-order valence-corrected chi connectivity index (χ2v) is 15.5. The lowest BCUT2D eigenvalue weighted by molar-refractivity contribution is -0.180. The molecule has 5 unspecified atom stereocenters. The Kier molecular flexibility index (Phi) is 7.14. The summed E-state index contributed by atoms with van der Waals surface area (Å²) in [5, 5.41) is 12.0. The van der Waals surface area contributed by atoms with Crippen molar-refractivity contribution in [2.24, 2.45) is 28.6 Å². The van der Waals surface area contributed by atoms with Crippen LogP contribution >= 0.6 is 23.1 Å². The topological polar surface area (TPSA) is 106 Å². The molecule has 1 N–H and O–H groups in total. The number of carbonyl (C=O) groups excluding carboxylic acids is 3. The maximum Gasteiger partial charge on any atom is 0.339 e. The van der Waals surface area contributed by atoms with Gasteiger partial charge < -0.3 is 9.84 Å². The smallest absolute Gasteiger partial charge is 0.339 e. The van der Waals surface area contributed by atoms with E-state index in [0.29, 0.717) is 24.8 Å². The molecule has 0 radical (unpaired) electrons. The summed E-state index contributed by atoms with van der Waals surface area (Å²) in [5.74, 6) is -0.0546. The Hall–Kier alpha value is -2.88. The summed E-state index contributed by atoms with van der Waals surface area (Å²) in [6.45, 7) is 4.29. The van der Waals surface area contributed by atoms with Gasteiger partial charge >= 0.3 is 5.97 Å². The number of ether oxygens (including phenoxy) is 1. The first-order valence-corrected chi connectivity index (χ1v) is 17.0. The number of aliphatic hydroxyl groups is 1. The molecular weight excluding hydrogens is 581 g/mol. The maximum atomic E-state index is 14.5. The number of allylic oxidation sites excluding steroid dienone is 1. The number of thiazole rings is 1. The van der Waals surface area contributed by atoms with Gasteiger partial charge in [-0.1, -0.05) is 43.3 Å². The minimum absolute atomic E-state index is 0.0117. The molecular formula is C34H36N2O5S2. The van der Waals surface area contributed by atoms with Gasteiger partial charge in [0.1, 0.15) is 0 Å². The molecule has 0 amide bonds. The Morgan fingerprint density at radius 2 is 1.88 bits per heavy atom. The quantitative estimate of drug-likeness (QED) is 0.249. The third kappa shape index (κ3) is 4.53. The van der Waals surface area contributed by atoms with E-state index in [0.717, 1.165) is 40.2 Å². The number of ketones is 2. The van der Waals surface area contributed by atoms with Crippen molar-refractivity contribution < 1.29 is 24.2 Å². The fourth-order valence-electron chi connectivity index (χ4n) is 9.22. The Morgan fingerprint density at radius 1 is 1.09 bits per heavy atom. The van der Waals surface area contributed by atoms with Gasteiger partial charge in [0.2, 0.25) is 0 Å². The molecule has 1 aromatic carbocycles. The summed E-state index contributed by atoms with van der Waals surface area (Å²) in [6, 6.07) is 11.1. The number of Topliss-reactive ketones (excluding diaryl/α,β-unsaturated/α-hetero) is 1. The number of thioether (sulfide) groups is 1. The van der Waals surface area contributed by atoms with Crippen LogP contribution in [0.3, 0.4) is 0 Å². The van der Waals surface area contributed by atoms with Crippen LogP contribution in [0.4, 0.5) is 0 Å². The molecule has 3 aromatic rings. The number of hydrogen-bond donors (Lipinski definition) is 1. The predicted molar refractivity (Wildman–Crippen MR) is 166 cm³/mol. The van der Waals surface area contributed by atoms with Crippen LogP contribution in [0.2, 0.25) is 0 Å². The van der Waals surface area contributed by atoms with Crippen molar-refractivity contribution in [3.63, 3.8) is 0 Å². The summed E-state index contributed by atoms with van der Waals surface area (Å²) >= 11 is 2.95. The first-order chi connectivity index (χ1) is 20.6. The number of carbonyl (C=O) groups is 3. The van der Waals surface area contributed by atoms with Crippen LogP contribution in [-0.4, -0.2) is 50.1 Å². The average Bonchev–Trinajstić information content (AvgIpc) is 3.55. The van der Waals surface area contributed by atoms with E-state index in [4.69, 9.17) is 9.72 Å². The fraction of sp³-hybridized carbons (Fsp3) is 0.500. The van der Waals surface area contributed by atoms with Crippen molar-refractivity contribution in [1.82, 2.24) is 9.97 Å². The van der Waals surface area contributed by atoms with Gasteiger partial charge in [-0.25, -0.2) is 9.78 Å². The molecule has 9 heteroatoms. The molecule has 0 aliphatic heterocycles. The standard InChI is InChI=1S/C34H36N2O5S2/c1-32-13-9-22(37)17-21(32)7-8-23-24-10-14-34(33(24,2)18-26(38)29(23)32,41-30(40)20-11-15-35-16-12-20)28(39)19-42-31-36-25-5-3-4-6-27(25)43-31/h3-6,11-12,15-17,23-24,26,29,38H,7-10,13-14,18-19H2,1-2H3/t23?,24?,26-,29?,32?,33?,34-/m0/s1. The first kappa shape index (κ1) is 28.9. The highest BCUT2D eigenvalue weighted by Crippen LogP contribution is 2.68. The van der Waals surface area contributed by atoms with E-state index >= 15 is 0 Å². The maximum absolute atomic E-state index is 14.5. The van der Waals surface area contributed by atoms with E-state index in [2.05, 4.69) is 18.8 Å². The fourth-order valence-corrected chi connectivity index (χ4v) is 11.2. The van der Waals surface area contributed by atoms with E-state index in [9.17, 15) is 19.5 Å². The van der Waals surface area contributed by atoms with E-state index in [1.165, 1.54) is 17.3 Å². The van der Waals surface area contributed by atoms with E-state index in [1.54, 1.807) is 35.9 Å². The van der Waals surface area contributed by atoms with Crippen LogP contribution in [-0.2, 0) is 14.3 Å². The molecule has 3 fully saturated rings. The summed E-state index contributed by atoms with van der Waals surface area (Å²) in [7, 11) is 0. The number of para-hydroxylation sites is 1. The van der Waals surface area contributed by atoms with Gasteiger partial charge in [-0.2, -0.15) is 0 Å². The Morgan fingerprint density at radius 3 is 2.67 bits per heavy atom. The molecule has 4 aliphatic carbocycles. The number of rotatable bonds is 6. The number of fused-ring (bicyclic) bond motifs is 6. The zero-order valence-electron chi connectivity index (χ0n) is 24.5. The highest BCUT2D eigenvalue weighted by atomic mass is 32.2. The van der Waals surface area contributed by atoms with Crippen molar-refractivity contribution in [1.29, 1.82) is 0 Å². The van der Waals surface area contributed by atoms with Gasteiger partial charge in [-0.3, -0.25) is 14.6 Å². The van der Waals surface area contributed by atoms with Gasteiger partial charge in [-0.05, 0) is 92.0 Å². The minimum atomic E-state index is -1.37. The molecule has 3 saturated carbocycles. The number of nitrogens with zero attached hydrogens (tertiary/aromatic N) is 2. The molecule has 4 aliphatic rings. The largest absolute Gasteiger partial charge is 0.447 e. The van der Waals surface area contributed by atoms with Crippen molar-refractivity contribution >= 4 is 50.9 Å². The Labute approximate surface area is 259 Å². The molecule has 0 bridgehead atoms. The lowest BCUT2D eigenvalue weighted by atomic mass is 9.45. The number of hydrogen-bond acceptors (Lipinski definition) is 9. The van der Waals surface area contributed by atoms with E-state index in [1.807, 2.05) is 30.3 Å². The molecule has 2 aromatic heterocycles. The summed E-state index contributed by atoms with van der Waals surface area (Å²) in [5.41, 5.74) is 0.0951. The minimum Gasteiger partial charge on any atom is -0.447 e. The number of aliphatic hydroxyl groups excluding tert-OH is 1. The van der Waals surface area contributed by atoms with Crippen LogP contribution in [0.1, 0.15) is 69.2 Å². The van der Waals surface area contributed by atoms with Crippen molar-refractivity contribution in [2.45, 2.75) is 74.8 Å². The van der Waals surface area contributed by atoms with E-state index in [-0.39, 0.29) is 40.5 Å². The van der Waals surface area contributed by atoms with Crippen molar-refractivity contribution in [2.75, 3.05) is 5.75 Å². The number of pyridine rings is 1. The van der Waals surface area contributed by atoms with Crippen LogP contribution in [0.25, 0.3) is 10.2 Å². The van der Waals surface area contributed by atoms with Gasteiger partial charge in [0, 0.05) is 24.2 Å². The van der Waals surface area contributed by atoms with Crippen LogP contribution in [0.15, 0.2) is 64.8 Å². The molecule has 0 saturated heterocycles. The number of aromatic nitrogens is 2. The predicted octanol–water partition coefficient (Wildman–Crippen LogP) is 6.45. The molecule has 7 rings (SSSR count). The van der Waals surface area contributed by atoms with Gasteiger partial charge in [0.25, 0.3) is 0 Å². The lowest BCUT2D eigenvalue weighted by Crippen LogP contribution is -2.63. The molecule has 43 heavy (non-hydrogen) atoms. The first-order valence-electron chi connectivity index (χ1n) is 15.2. The second-order valence-electron chi connectivity index (χ2n) is 13.2. The highest BCUT2D eigenvalue weighted by molar-refractivity contribution is 8.01. The second kappa shape index (κ2) is 10.6. The molecule has 7 atom stereocenters. The zero-order chi connectivity index (χ0) is 30.0. The monoisotopic (exact) mass is 616 g/mol. The Balaban J connectivity index is 1.23. The molecule has 224 valence electrons. The van der Waals surface area contributed by atoms with Crippen LogP contribution < -0.4 is 0 Å². The van der Waals surface area contributed by atoms with Crippen molar-refractivity contribution in [3.05, 3.63) is 66.0 Å². The summed E-state index contributed by atoms with van der Waals surface area (Å²) in [4.78, 5) is 49.2. The molecule has 7 nitrogen and oxygen atoms in total. The SMILES string of the molecule is CC12CCC(=O)C=C1CCC1C2[C@@H](O)CC2(C)C1CC[C@]2(OC(=O)c1ccncc1)C(=O)CSc1nc2ccccc2s1. The van der Waals surface area contributed by atoms with Crippen LogP contribution in [0.5, 0.6) is 0 Å². The third-order valence-corrected chi connectivity index (χ3v) is 13.4. The van der Waals surface area contributed by atoms with Crippen LogP contribution in [0, 0.1) is 28.6 Å².